The van der Waals surface area contributed by atoms with Crippen molar-refractivity contribution in [3.05, 3.63) is 41.6 Å². The number of hydrogen-bond acceptors (Lipinski definition) is 3. The number of carbonyl (C=O) groups is 1. The van der Waals surface area contributed by atoms with Crippen LogP contribution in [0.1, 0.15) is 16.8 Å². The average Bonchev–Trinajstić information content (AvgIpc) is 2.93. The molecule has 3 rings (SSSR count). The molecule has 0 spiro atoms. The molecule has 0 aliphatic carbocycles. The molecule has 0 fully saturated rings. The Hall–Kier alpha value is -2.14. The van der Waals surface area contributed by atoms with Gasteiger partial charge >= 0.3 is 0 Å². The largest absolute Gasteiger partial charge is 0.348 e. The van der Waals surface area contributed by atoms with E-state index in [2.05, 4.69) is 26.9 Å². The molecule has 5 heteroatoms. The van der Waals surface area contributed by atoms with Crippen LogP contribution in [0.15, 0.2) is 36.0 Å². The molecule has 1 aliphatic heterocycles. The predicted octanol–water partition coefficient (Wildman–Crippen LogP) is 1.21. The van der Waals surface area contributed by atoms with E-state index in [1.54, 1.807) is 6.20 Å². The molecule has 5 nitrogen and oxygen atoms in total. The molecule has 1 aliphatic rings. The zero-order chi connectivity index (χ0) is 13.1. The zero-order valence-electron chi connectivity index (χ0n) is 10.6. The minimum atomic E-state index is -0.0454. The quantitative estimate of drug-likeness (QED) is 0.723. The molecule has 0 radical (unpaired) electrons. The summed E-state index contributed by atoms with van der Waals surface area (Å²) >= 11 is 0. The van der Waals surface area contributed by atoms with E-state index >= 15 is 0 Å². The minimum Gasteiger partial charge on any atom is -0.348 e. The molecular weight excluding hydrogens is 240 g/mol. The maximum atomic E-state index is 12.1. The summed E-state index contributed by atoms with van der Waals surface area (Å²) in [4.78, 5) is 12.1. The monoisotopic (exact) mass is 256 g/mol. The summed E-state index contributed by atoms with van der Waals surface area (Å²) in [5.41, 5.74) is 2.83. The van der Waals surface area contributed by atoms with Crippen LogP contribution in [0.4, 0.5) is 0 Å². The Labute approximate surface area is 111 Å². The summed E-state index contributed by atoms with van der Waals surface area (Å²) in [5, 5.41) is 14.0. The number of rotatable bonds is 3. The van der Waals surface area contributed by atoms with E-state index in [-0.39, 0.29) is 5.91 Å². The van der Waals surface area contributed by atoms with E-state index in [4.69, 9.17) is 0 Å². The van der Waals surface area contributed by atoms with Crippen LogP contribution < -0.4 is 10.6 Å². The van der Waals surface area contributed by atoms with Crippen LogP contribution in [0, 0.1) is 0 Å². The molecule has 3 N–H and O–H groups in total. The molecule has 0 bridgehead atoms. The van der Waals surface area contributed by atoms with Gasteiger partial charge in [-0.1, -0.05) is 17.7 Å². The fraction of sp³-hybridized carbons (Fsp3) is 0.286. The van der Waals surface area contributed by atoms with Crippen LogP contribution in [0.2, 0.25) is 0 Å². The number of carbonyl (C=O) groups excluding carboxylic acids is 1. The second-order valence-electron chi connectivity index (χ2n) is 4.67. The highest BCUT2D eigenvalue weighted by molar-refractivity contribution is 5.97. The molecule has 0 saturated heterocycles. The number of H-pyrrole nitrogens is 1. The fourth-order valence-electron chi connectivity index (χ4n) is 2.20. The Morgan fingerprint density at radius 1 is 1.42 bits per heavy atom. The van der Waals surface area contributed by atoms with Gasteiger partial charge in [0, 0.05) is 24.0 Å². The summed E-state index contributed by atoms with van der Waals surface area (Å²) in [5.74, 6) is -0.0454. The van der Waals surface area contributed by atoms with Crippen molar-refractivity contribution in [1.82, 2.24) is 20.8 Å². The highest BCUT2D eigenvalue weighted by Crippen LogP contribution is 2.12. The Kier molecular flexibility index (Phi) is 3.29. The van der Waals surface area contributed by atoms with Gasteiger partial charge in [-0.05, 0) is 25.1 Å². The molecule has 2 heterocycles. The zero-order valence-corrected chi connectivity index (χ0v) is 10.6. The number of nitrogens with zero attached hydrogens (tertiary/aromatic N) is 1. The van der Waals surface area contributed by atoms with E-state index < -0.39 is 0 Å². The molecule has 98 valence electrons. The van der Waals surface area contributed by atoms with Crippen LogP contribution >= 0.6 is 0 Å². The molecule has 19 heavy (non-hydrogen) atoms. The number of aromatic nitrogens is 2. The molecule has 1 amide bonds. The number of hydrogen-bond donors (Lipinski definition) is 3. The predicted molar refractivity (Wildman–Crippen MR) is 74.0 cm³/mol. The summed E-state index contributed by atoms with van der Waals surface area (Å²) in [7, 11) is 0. The lowest BCUT2D eigenvalue weighted by Gasteiger charge is -2.14. The summed E-state index contributed by atoms with van der Waals surface area (Å²) < 4.78 is 0. The Morgan fingerprint density at radius 3 is 3.21 bits per heavy atom. The maximum absolute atomic E-state index is 12.1. The van der Waals surface area contributed by atoms with Gasteiger partial charge in [0.1, 0.15) is 0 Å². The first-order valence-corrected chi connectivity index (χ1v) is 6.43. The van der Waals surface area contributed by atoms with Gasteiger partial charge in [-0.2, -0.15) is 5.10 Å². The van der Waals surface area contributed by atoms with E-state index in [0.29, 0.717) is 12.1 Å². The topological polar surface area (TPSA) is 69.8 Å². The normalized spacial score (nSPS) is 15.3. The Balaban J connectivity index is 1.67. The third kappa shape index (κ3) is 2.66. The highest BCUT2D eigenvalue weighted by atomic mass is 16.1. The van der Waals surface area contributed by atoms with Gasteiger partial charge in [-0.15, -0.1) is 0 Å². The standard InChI is InChI=1S/C14H16N4O/c19-14(16-8-10-3-5-15-6-4-10)11-1-2-12-9-17-18-13(12)7-11/h1-3,7,9,15H,4-6,8H2,(H,16,19)(H,17,18). The number of aromatic amines is 1. The highest BCUT2D eigenvalue weighted by Gasteiger charge is 2.08. The second kappa shape index (κ2) is 5.24. The third-order valence-corrected chi connectivity index (χ3v) is 3.34. The SMILES string of the molecule is O=C(NCC1=CCNCC1)c1ccc2cn[nH]c2c1. The Morgan fingerprint density at radius 2 is 2.37 bits per heavy atom. The van der Waals surface area contributed by atoms with Crippen molar-refractivity contribution in [3.8, 4) is 0 Å². The molecule has 0 saturated carbocycles. The fourth-order valence-corrected chi connectivity index (χ4v) is 2.20. The van der Waals surface area contributed by atoms with Crippen molar-refractivity contribution in [2.75, 3.05) is 19.6 Å². The van der Waals surface area contributed by atoms with Gasteiger partial charge in [0.15, 0.2) is 0 Å². The van der Waals surface area contributed by atoms with Gasteiger partial charge < -0.3 is 10.6 Å². The Bertz CT molecular complexity index is 629. The van der Waals surface area contributed by atoms with Crippen molar-refractivity contribution < 1.29 is 4.79 Å². The molecular formula is C14H16N4O. The first-order valence-electron chi connectivity index (χ1n) is 6.43. The summed E-state index contributed by atoms with van der Waals surface area (Å²) in [6.07, 6.45) is 4.89. The maximum Gasteiger partial charge on any atom is 0.251 e. The molecule has 0 unspecified atom stereocenters. The number of nitrogens with one attached hydrogen (secondary N) is 3. The van der Waals surface area contributed by atoms with Gasteiger partial charge in [0.2, 0.25) is 0 Å². The van der Waals surface area contributed by atoms with Gasteiger partial charge in [-0.25, -0.2) is 0 Å². The van der Waals surface area contributed by atoms with Gasteiger partial charge in [-0.3, -0.25) is 9.89 Å². The lowest BCUT2D eigenvalue weighted by atomic mass is 10.1. The van der Waals surface area contributed by atoms with Crippen LogP contribution in [0.25, 0.3) is 10.9 Å². The number of fused-ring (bicyclic) bond motifs is 1. The first kappa shape index (κ1) is 11.9. The van der Waals surface area contributed by atoms with Crippen LogP contribution in [-0.2, 0) is 0 Å². The smallest absolute Gasteiger partial charge is 0.251 e. The van der Waals surface area contributed by atoms with E-state index in [9.17, 15) is 4.79 Å². The van der Waals surface area contributed by atoms with Crippen molar-refractivity contribution >= 4 is 16.8 Å². The van der Waals surface area contributed by atoms with E-state index in [1.807, 2.05) is 18.2 Å². The van der Waals surface area contributed by atoms with Gasteiger partial charge in [0.25, 0.3) is 5.91 Å². The summed E-state index contributed by atoms with van der Waals surface area (Å²) in [6.45, 7) is 2.51. The lowest BCUT2D eigenvalue weighted by molar-refractivity contribution is 0.0956. The summed E-state index contributed by atoms with van der Waals surface area (Å²) in [6, 6.07) is 5.55. The third-order valence-electron chi connectivity index (χ3n) is 3.34. The van der Waals surface area contributed by atoms with Crippen molar-refractivity contribution in [3.63, 3.8) is 0 Å². The van der Waals surface area contributed by atoms with Crippen LogP contribution in [0.3, 0.4) is 0 Å². The van der Waals surface area contributed by atoms with E-state index in [0.717, 1.165) is 30.4 Å². The molecule has 1 aromatic carbocycles. The molecule has 1 aromatic heterocycles. The number of benzene rings is 1. The van der Waals surface area contributed by atoms with Gasteiger partial charge in [0.05, 0.1) is 11.7 Å². The van der Waals surface area contributed by atoms with Crippen molar-refractivity contribution in [1.29, 1.82) is 0 Å². The first-order chi connectivity index (χ1) is 9.33. The molecule has 2 aromatic rings. The van der Waals surface area contributed by atoms with Crippen molar-refractivity contribution in [2.24, 2.45) is 0 Å². The second-order valence-corrected chi connectivity index (χ2v) is 4.67. The average molecular weight is 256 g/mol. The van der Waals surface area contributed by atoms with Crippen molar-refractivity contribution in [2.45, 2.75) is 6.42 Å². The molecule has 0 atom stereocenters. The minimum absolute atomic E-state index is 0.0454. The van der Waals surface area contributed by atoms with Crippen LogP contribution in [-0.4, -0.2) is 35.7 Å². The van der Waals surface area contributed by atoms with E-state index in [1.165, 1.54) is 5.57 Å². The van der Waals surface area contributed by atoms with Crippen LogP contribution in [0.5, 0.6) is 0 Å². The lowest BCUT2D eigenvalue weighted by Crippen LogP contribution is -2.29. The number of amides is 1.